The Bertz CT molecular complexity index is 198. The first-order valence-electron chi connectivity index (χ1n) is 6.36. The molecule has 3 heteroatoms. The molecule has 2 saturated heterocycles. The van der Waals surface area contributed by atoms with E-state index in [9.17, 15) is 5.11 Å². The molecule has 3 nitrogen and oxygen atoms in total. The van der Waals surface area contributed by atoms with Crippen LogP contribution in [0.2, 0.25) is 0 Å². The van der Waals surface area contributed by atoms with E-state index in [1.54, 1.807) is 0 Å². The van der Waals surface area contributed by atoms with Crippen molar-refractivity contribution in [3.05, 3.63) is 0 Å². The van der Waals surface area contributed by atoms with Gasteiger partial charge in [-0.05, 0) is 45.8 Å². The highest BCUT2D eigenvalue weighted by atomic mass is 16.3. The molecule has 0 spiro atoms. The molecule has 1 unspecified atom stereocenters. The number of hydrogen-bond acceptors (Lipinski definition) is 3. The summed E-state index contributed by atoms with van der Waals surface area (Å²) in [6.45, 7) is 4.44. The van der Waals surface area contributed by atoms with Crippen LogP contribution in [0.1, 0.15) is 32.1 Å². The van der Waals surface area contributed by atoms with Crippen molar-refractivity contribution < 1.29 is 5.11 Å². The summed E-state index contributed by atoms with van der Waals surface area (Å²) in [6, 6.07) is 0.788. The second kappa shape index (κ2) is 5.28. The van der Waals surface area contributed by atoms with Crippen molar-refractivity contribution in [1.29, 1.82) is 0 Å². The lowest BCUT2D eigenvalue weighted by molar-refractivity contribution is 0.148. The van der Waals surface area contributed by atoms with Gasteiger partial charge in [0.1, 0.15) is 0 Å². The maximum Gasteiger partial charge on any atom is 0.0679 e. The Morgan fingerprint density at radius 2 is 2.07 bits per heavy atom. The molecule has 0 radical (unpaired) electrons. The highest BCUT2D eigenvalue weighted by molar-refractivity contribution is 4.79. The number of aliphatic hydroxyl groups excluding tert-OH is 1. The molecular formula is C12H24N2O. The molecule has 15 heavy (non-hydrogen) atoms. The van der Waals surface area contributed by atoms with E-state index in [2.05, 4.69) is 16.8 Å². The van der Waals surface area contributed by atoms with Gasteiger partial charge in [-0.25, -0.2) is 0 Å². The summed E-state index contributed by atoms with van der Waals surface area (Å²) in [7, 11) is 2.25. The van der Waals surface area contributed by atoms with E-state index in [1.165, 1.54) is 38.8 Å². The highest BCUT2D eigenvalue weighted by Gasteiger charge is 2.23. The van der Waals surface area contributed by atoms with Crippen molar-refractivity contribution >= 4 is 0 Å². The van der Waals surface area contributed by atoms with Gasteiger partial charge in [-0.1, -0.05) is 6.42 Å². The van der Waals surface area contributed by atoms with Crippen LogP contribution in [0.3, 0.4) is 0 Å². The van der Waals surface area contributed by atoms with Crippen molar-refractivity contribution in [2.24, 2.45) is 0 Å². The molecule has 0 bridgehead atoms. The van der Waals surface area contributed by atoms with Gasteiger partial charge in [-0.15, -0.1) is 0 Å². The zero-order chi connectivity index (χ0) is 10.7. The molecule has 2 atom stereocenters. The van der Waals surface area contributed by atoms with Gasteiger partial charge in [0.25, 0.3) is 0 Å². The van der Waals surface area contributed by atoms with Crippen LogP contribution in [-0.2, 0) is 0 Å². The smallest absolute Gasteiger partial charge is 0.0679 e. The summed E-state index contributed by atoms with van der Waals surface area (Å²) in [5.74, 6) is 0. The van der Waals surface area contributed by atoms with Gasteiger partial charge in [0.2, 0.25) is 0 Å². The fraction of sp³-hybridized carbons (Fsp3) is 1.00. The van der Waals surface area contributed by atoms with Crippen molar-refractivity contribution in [2.75, 3.05) is 33.2 Å². The van der Waals surface area contributed by atoms with Crippen LogP contribution in [0.15, 0.2) is 0 Å². The number of aliphatic hydroxyl groups is 1. The molecule has 2 aliphatic rings. The van der Waals surface area contributed by atoms with E-state index in [1.807, 2.05) is 0 Å². The van der Waals surface area contributed by atoms with Crippen molar-refractivity contribution in [3.8, 4) is 0 Å². The summed E-state index contributed by atoms with van der Waals surface area (Å²) in [4.78, 5) is 4.92. The van der Waals surface area contributed by atoms with Gasteiger partial charge in [-0.2, -0.15) is 0 Å². The maximum atomic E-state index is 9.44. The van der Waals surface area contributed by atoms with Crippen molar-refractivity contribution in [3.63, 3.8) is 0 Å². The fourth-order valence-corrected chi connectivity index (χ4v) is 2.86. The van der Waals surface area contributed by atoms with E-state index in [0.717, 1.165) is 25.6 Å². The number of hydrogen-bond donors (Lipinski definition) is 1. The summed E-state index contributed by atoms with van der Waals surface area (Å²) in [6.07, 6.45) is 6.33. The number of rotatable bonds is 3. The molecule has 88 valence electrons. The predicted molar refractivity (Wildman–Crippen MR) is 61.9 cm³/mol. The zero-order valence-corrected chi connectivity index (χ0v) is 9.86. The Balaban J connectivity index is 1.68. The van der Waals surface area contributed by atoms with Gasteiger partial charge in [0.15, 0.2) is 0 Å². The van der Waals surface area contributed by atoms with Crippen molar-refractivity contribution in [1.82, 2.24) is 9.80 Å². The third-order valence-corrected chi connectivity index (χ3v) is 3.95. The third-order valence-electron chi connectivity index (χ3n) is 3.95. The molecule has 2 fully saturated rings. The minimum atomic E-state index is -0.0610. The van der Waals surface area contributed by atoms with E-state index >= 15 is 0 Å². The molecule has 0 aromatic rings. The van der Waals surface area contributed by atoms with Gasteiger partial charge in [-0.3, -0.25) is 0 Å². The molecule has 0 aliphatic carbocycles. The number of piperidine rings is 1. The van der Waals surface area contributed by atoms with E-state index < -0.39 is 0 Å². The average Bonchev–Trinajstić information content (AvgIpc) is 2.63. The first kappa shape index (κ1) is 11.4. The van der Waals surface area contributed by atoms with Crippen LogP contribution in [0.5, 0.6) is 0 Å². The second-order valence-corrected chi connectivity index (χ2v) is 5.16. The van der Waals surface area contributed by atoms with Crippen LogP contribution in [0, 0.1) is 0 Å². The summed E-state index contributed by atoms with van der Waals surface area (Å²) in [5.41, 5.74) is 0. The van der Waals surface area contributed by atoms with Crippen LogP contribution in [0.4, 0.5) is 0 Å². The molecular weight excluding hydrogens is 188 g/mol. The van der Waals surface area contributed by atoms with Gasteiger partial charge >= 0.3 is 0 Å². The van der Waals surface area contributed by atoms with Crippen LogP contribution in [0.25, 0.3) is 0 Å². The van der Waals surface area contributed by atoms with Gasteiger partial charge < -0.3 is 14.9 Å². The number of likely N-dealkylation sites (tertiary alicyclic amines) is 2. The molecule has 0 aromatic heterocycles. The SMILES string of the molecule is CN1CCCCC1CCN1CC[C@H](O)C1. The topological polar surface area (TPSA) is 26.7 Å². The van der Waals surface area contributed by atoms with Crippen molar-refractivity contribution in [2.45, 2.75) is 44.2 Å². The molecule has 2 rings (SSSR count). The normalized spacial score (nSPS) is 34.8. The second-order valence-electron chi connectivity index (χ2n) is 5.16. The largest absolute Gasteiger partial charge is 0.392 e. The van der Waals surface area contributed by atoms with E-state index in [4.69, 9.17) is 0 Å². The standard InChI is InChI=1S/C12H24N2O/c1-13-7-3-2-4-11(13)5-8-14-9-6-12(15)10-14/h11-12,15H,2-10H2,1H3/t11?,12-/m0/s1. The van der Waals surface area contributed by atoms with Crippen LogP contribution in [-0.4, -0.2) is 60.3 Å². The Kier molecular flexibility index (Phi) is 4.00. The monoisotopic (exact) mass is 212 g/mol. The predicted octanol–water partition coefficient (Wildman–Crippen LogP) is 0.927. The summed E-state index contributed by atoms with van der Waals surface area (Å²) >= 11 is 0. The molecule has 0 saturated carbocycles. The Morgan fingerprint density at radius 1 is 1.20 bits per heavy atom. The molecule has 0 aromatic carbocycles. The fourth-order valence-electron chi connectivity index (χ4n) is 2.86. The number of β-amino-alcohol motifs (C(OH)–C–C–N with tert-alkyl or cyclic N) is 1. The first-order chi connectivity index (χ1) is 7.25. The Hall–Kier alpha value is -0.120. The van der Waals surface area contributed by atoms with E-state index in [-0.39, 0.29) is 6.10 Å². The molecule has 2 aliphatic heterocycles. The molecule has 0 amide bonds. The lowest BCUT2D eigenvalue weighted by atomic mass is 10.00. The minimum Gasteiger partial charge on any atom is -0.392 e. The lowest BCUT2D eigenvalue weighted by Crippen LogP contribution is -2.38. The number of nitrogens with zero attached hydrogens (tertiary/aromatic N) is 2. The summed E-state index contributed by atoms with van der Waals surface area (Å²) < 4.78 is 0. The zero-order valence-electron chi connectivity index (χ0n) is 9.86. The maximum absolute atomic E-state index is 9.44. The first-order valence-corrected chi connectivity index (χ1v) is 6.36. The van der Waals surface area contributed by atoms with Gasteiger partial charge in [0.05, 0.1) is 6.10 Å². The highest BCUT2D eigenvalue weighted by Crippen LogP contribution is 2.19. The van der Waals surface area contributed by atoms with Crippen LogP contribution >= 0.6 is 0 Å². The third kappa shape index (κ3) is 3.16. The Morgan fingerprint density at radius 3 is 2.73 bits per heavy atom. The molecule has 2 heterocycles. The van der Waals surface area contributed by atoms with Gasteiger partial charge in [0, 0.05) is 19.1 Å². The summed E-state index contributed by atoms with van der Waals surface area (Å²) in [5, 5.41) is 9.44. The van der Waals surface area contributed by atoms with Crippen LogP contribution < -0.4 is 0 Å². The van der Waals surface area contributed by atoms with E-state index in [0.29, 0.717) is 0 Å². The average molecular weight is 212 g/mol. The molecule has 1 N–H and O–H groups in total. The lowest BCUT2D eigenvalue weighted by Gasteiger charge is -2.33. The Labute approximate surface area is 93.1 Å². The minimum absolute atomic E-state index is 0.0610. The quantitative estimate of drug-likeness (QED) is 0.754.